The number of nitrogens with zero attached hydrogens (tertiary/aromatic N) is 1. The molecule has 9 heavy (non-hydrogen) atoms. The molecule has 1 amide bonds. The first-order valence-electron chi connectivity index (χ1n) is 2.62. The van der Waals surface area contributed by atoms with E-state index in [2.05, 4.69) is 4.99 Å². The first-order valence-corrected chi connectivity index (χ1v) is 2.62. The molecular formula is C6H7NO2. The van der Waals surface area contributed by atoms with Gasteiger partial charge in [0.25, 0.3) is 5.91 Å². The van der Waals surface area contributed by atoms with Crippen molar-refractivity contribution in [2.75, 3.05) is 7.11 Å². The normalized spacial score (nSPS) is 25.0. The number of rotatable bonds is 1. The smallest absolute Gasteiger partial charge is 0.278 e. The lowest BCUT2D eigenvalue weighted by Crippen LogP contribution is -2.20. The van der Waals surface area contributed by atoms with Crippen molar-refractivity contribution in [3.63, 3.8) is 0 Å². The van der Waals surface area contributed by atoms with Crippen LogP contribution in [0, 0.1) is 0 Å². The van der Waals surface area contributed by atoms with Crippen LogP contribution in [0.25, 0.3) is 0 Å². The molecule has 48 valence electrons. The van der Waals surface area contributed by atoms with Crippen LogP contribution in [0.1, 0.15) is 0 Å². The highest BCUT2D eigenvalue weighted by molar-refractivity contribution is 5.95. The number of aliphatic imine (C=N–C) groups is 1. The van der Waals surface area contributed by atoms with Crippen molar-refractivity contribution >= 4 is 12.1 Å². The molecule has 0 spiro atoms. The second kappa shape index (κ2) is 2.55. The number of dihydropyridines is 1. The maximum absolute atomic E-state index is 10.7. The predicted octanol–water partition coefficient (Wildman–Crippen LogP) is 0.169. The van der Waals surface area contributed by atoms with Crippen LogP contribution < -0.4 is 0 Å². The van der Waals surface area contributed by atoms with E-state index in [9.17, 15) is 4.79 Å². The monoisotopic (exact) mass is 125 g/mol. The van der Waals surface area contributed by atoms with Gasteiger partial charge >= 0.3 is 0 Å². The lowest BCUT2D eigenvalue weighted by molar-refractivity contribution is -0.125. The van der Waals surface area contributed by atoms with Crippen LogP contribution in [-0.2, 0) is 9.53 Å². The maximum atomic E-state index is 10.7. The molecule has 0 saturated heterocycles. The van der Waals surface area contributed by atoms with E-state index in [-0.39, 0.29) is 5.91 Å². The van der Waals surface area contributed by atoms with E-state index in [1.165, 1.54) is 13.3 Å². The standard InChI is InChI=1S/C6H7NO2/c1-9-5-3-2-4-7-6(5)8/h2-5H,1H3. The van der Waals surface area contributed by atoms with Gasteiger partial charge in [-0.05, 0) is 12.2 Å². The highest BCUT2D eigenvalue weighted by atomic mass is 16.5. The van der Waals surface area contributed by atoms with Crippen LogP contribution >= 0.6 is 0 Å². The van der Waals surface area contributed by atoms with Gasteiger partial charge in [0.05, 0.1) is 0 Å². The number of carbonyl (C=O) groups excluding carboxylic acids is 1. The largest absolute Gasteiger partial charge is 0.367 e. The van der Waals surface area contributed by atoms with E-state index in [0.29, 0.717) is 0 Å². The van der Waals surface area contributed by atoms with Crippen LogP contribution in [-0.4, -0.2) is 25.3 Å². The van der Waals surface area contributed by atoms with Crippen LogP contribution in [0.4, 0.5) is 0 Å². The van der Waals surface area contributed by atoms with Gasteiger partial charge in [-0.25, -0.2) is 4.99 Å². The fraction of sp³-hybridized carbons (Fsp3) is 0.333. The van der Waals surface area contributed by atoms with E-state index >= 15 is 0 Å². The van der Waals surface area contributed by atoms with E-state index in [1.807, 2.05) is 0 Å². The molecule has 0 fully saturated rings. The zero-order valence-corrected chi connectivity index (χ0v) is 5.07. The summed E-state index contributed by atoms with van der Waals surface area (Å²) in [5, 5.41) is 0. The molecule has 3 heteroatoms. The van der Waals surface area contributed by atoms with E-state index in [4.69, 9.17) is 4.74 Å². The summed E-state index contributed by atoms with van der Waals surface area (Å²) in [5.74, 6) is -0.236. The molecule has 0 N–H and O–H groups in total. The van der Waals surface area contributed by atoms with Crippen molar-refractivity contribution in [2.24, 2.45) is 4.99 Å². The number of ether oxygens (including phenoxy) is 1. The summed E-state index contributed by atoms with van der Waals surface area (Å²) in [5.41, 5.74) is 0. The summed E-state index contributed by atoms with van der Waals surface area (Å²) in [6, 6.07) is 0. The van der Waals surface area contributed by atoms with Gasteiger partial charge in [-0.3, -0.25) is 4.79 Å². The molecule has 1 aliphatic heterocycles. The average Bonchev–Trinajstić information content (AvgIpc) is 1.89. The number of hydrogen-bond donors (Lipinski definition) is 0. The number of hydrogen-bond acceptors (Lipinski definition) is 2. The Labute approximate surface area is 53.0 Å². The SMILES string of the molecule is COC1C=CC=NC1=O. The van der Waals surface area contributed by atoms with Gasteiger partial charge in [0.1, 0.15) is 0 Å². The molecule has 0 aromatic rings. The van der Waals surface area contributed by atoms with Crippen molar-refractivity contribution in [3.8, 4) is 0 Å². The van der Waals surface area contributed by atoms with Crippen molar-refractivity contribution in [1.29, 1.82) is 0 Å². The maximum Gasteiger partial charge on any atom is 0.278 e. The minimum absolute atomic E-state index is 0.236. The van der Waals surface area contributed by atoms with Gasteiger partial charge in [0.15, 0.2) is 6.10 Å². The Bertz CT molecular complexity index is 172. The third-order valence-corrected chi connectivity index (χ3v) is 1.07. The average molecular weight is 125 g/mol. The van der Waals surface area contributed by atoms with Gasteiger partial charge < -0.3 is 4.74 Å². The molecule has 0 aromatic heterocycles. The molecule has 1 aliphatic rings. The molecule has 0 aliphatic carbocycles. The third-order valence-electron chi connectivity index (χ3n) is 1.07. The van der Waals surface area contributed by atoms with E-state index in [0.717, 1.165) is 0 Å². The lowest BCUT2D eigenvalue weighted by atomic mass is 10.3. The topological polar surface area (TPSA) is 38.7 Å². The Hall–Kier alpha value is -0.960. The molecule has 1 atom stereocenters. The van der Waals surface area contributed by atoms with Crippen molar-refractivity contribution in [2.45, 2.75) is 6.10 Å². The second-order valence-electron chi connectivity index (χ2n) is 1.66. The summed E-state index contributed by atoms with van der Waals surface area (Å²) in [4.78, 5) is 14.2. The second-order valence-corrected chi connectivity index (χ2v) is 1.66. The fourth-order valence-electron chi connectivity index (χ4n) is 0.602. The van der Waals surface area contributed by atoms with Crippen molar-refractivity contribution in [3.05, 3.63) is 12.2 Å². The van der Waals surface area contributed by atoms with Crippen LogP contribution in [0.5, 0.6) is 0 Å². The highest BCUT2D eigenvalue weighted by Gasteiger charge is 2.13. The fourth-order valence-corrected chi connectivity index (χ4v) is 0.602. The zero-order chi connectivity index (χ0) is 6.69. The first-order chi connectivity index (χ1) is 4.34. The summed E-state index contributed by atoms with van der Waals surface area (Å²) in [7, 11) is 1.48. The molecular weight excluding hydrogens is 118 g/mol. The first kappa shape index (κ1) is 6.16. The van der Waals surface area contributed by atoms with E-state index in [1.54, 1.807) is 12.2 Å². The van der Waals surface area contributed by atoms with Gasteiger partial charge in [-0.15, -0.1) is 0 Å². The molecule has 0 radical (unpaired) electrons. The van der Waals surface area contributed by atoms with Gasteiger partial charge in [-0.1, -0.05) is 0 Å². The minimum Gasteiger partial charge on any atom is -0.367 e. The summed E-state index contributed by atoms with van der Waals surface area (Å²) < 4.78 is 4.75. The quantitative estimate of drug-likeness (QED) is 0.501. The zero-order valence-electron chi connectivity index (χ0n) is 5.07. The molecule has 0 saturated carbocycles. The minimum atomic E-state index is -0.463. The van der Waals surface area contributed by atoms with Gasteiger partial charge in [0.2, 0.25) is 0 Å². The summed E-state index contributed by atoms with van der Waals surface area (Å²) in [6.07, 6.45) is 4.35. The molecule has 3 nitrogen and oxygen atoms in total. The molecule has 0 aromatic carbocycles. The Balaban J connectivity index is 2.66. The summed E-state index contributed by atoms with van der Waals surface area (Å²) >= 11 is 0. The third kappa shape index (κ3) is 1.23. The van der Waals surface area contributed by atoms with Crippen LogP contribution in [0.15, 0.2) is 17.1 Å². The van der Waals surface area contributed by atoms with E-state index < -0.39 is 6.10 Å². The number of carbonyl (C=O) groups is 1. The number of methoxy groups -OCH3 is 1. The molecule has 0 bridgehead atoms. The highest BCUT2D eigenvalue weighted by Crippen LogP contribution is 1.98. The Morgan fingerprint density at radius 1 is 1.78 bits per heavy atom. The van der Waals surface area contributed by atoms with Crippen LogP contribution in [0.3, 0.4) is 0 Å². The Morgan fingerprint density at radius 3 is 3.00 bits per heavy atom. The van der Waals surface area contributed by atoms with Crippen molar-refractivity contribution < 1.29 is 9.53 Å². The Kier molecular flexibility index (Phi) is 1.75. The van der Waals surface area contributed by atoms with Gasteiger partial charge in [-0.2, -0.15) is 0 Å². The summed E-state index contributed by atoms with van der Waals surface area (Å²) in [6.45, 7) is 0. The number of amides is 1. The van der Waals surface area contributed by atoms with Gasteiger partial charge in [0, 0.05) is 13.3 Å². The molecule has 1 heterocycles. The lowest BCUT2D eigenvalue weighted by Gasteiger charge is -2.06. The van der Waals surface area contributed by atoms with Crippen molar-refractivity contribution in [1.82, 2.24) is 0 Å². The predicted molar refractivity (Wildman–Crippen MR) is 33.4 cm³/mol. The Morgan fingerprint density at radius 2 is 2.56 bits per heavy atom. The molecule has 1 rings (SSSR count). The molecule has 1 unspecified atom stereocenters. The van der Waals surface area contributed by atoms with Crippen LogP contribution in [0.2, 0.25) is 0 Å². The number of allylic oxidation sites excluding steroid dienone is 1.